The maximum absolute atomic E-state index is 13.6. The van der Waals surface area contributed by atoms with E-state index in [-0.39, 0.29) is 5.82 Å². The number of hydrogen-bond donors (Lipinski definition) is 1. The summed E-state index contributed by atoms with van der Waals surface area (Å²) in [5.41, 5.74) is 1.03. The van der Waals surface area contributed by atoms with E-state index in [9.17, 15) is 4.39 Å². The van der Waals surface area contributed by atoms with Crippen LogP contribution in [-0.2, 0) is 0 Å². The first-order valence-corrected chi connectivity index (χ1v) is 7.41. The van der Waals surface area contributed by atoms with Gasteiger partial charge >= 0.3 is 0 Å². The van der Waals surface area contributed by atoms with Crippen molar-refractivity contribution in [3.8, 4) is 0 Å². The minimum atomic E-state index is -0.191. The van der Waals surface area contributed by atoms with Crippen LogP contribution >= 0.6 is 0 Å². The Morgan fingerprint density at radius 2 is 1.95 bits per heavy atom. The van der Waals surface area contributed by atoms with Crippen molar-refractivity contribution in [2.24, 2.45) is 0 Å². The monoisotopic (exact) mass is 271 g/mol. The van der Waals surface area contributed by atoms with Gasteiger partial charge in [0.25, 0.3) is 0 Å². The van der Waals surface area contributed by atoms with E-state index < -0.39 is 0 Å². The number of benzene rings is 1. The van der Waals surface area contributed by atoms with Gasteiger partial charge in [-0.2, -0.15) is 0 Å². The Bertz CT molecular complexity index is 645. The van der Waals surface area contributed by atoms with Gasteiger partial charge in [0.15, 0.2) is 0 Å². The molecule has 0 radical (unpaired) electrons. The first kappa shape index (κ1) is 11.9. The number of fused-ring (bicyclic) bond motifs is 1. The van der Waals surface area contributed by atoms with Gasteiger partial charge in [-0.25, -0.2) is 9.37 Å². The van der Waals surface area contributed by atoms with Gasteiger partial charge in [-0.15, -0.1) is 0 Å². The lowest BCUT2D eigenvalue weighted by Crippen LogP contribution is -2.19. The molecule has 1 aliphatic heterocycles. The first-order valence-electron chi connectivity index (χ1n) is 7.41. The number of anilines is 2. The molecule has 2 aromatic rings. The lowest BCUT2D eigenvalue weighted by molar-refractivity contribution is 0.629. The summed E-state index contributed by atoms with van der Waals surface area (Å²) in [4.78, 5) is 6.87. The zero-order chi connectivity index (χ0) is 13.5. The summed E-state index contributed by atoms with van der Waals surface area (Å²) >= 11 is 0. The minimum absolute atomic E-state index is 0.191. The number of pyridine rings is 1. The maximum Gasteiger partial charge on any atom is 0.136 e. The second-order valence-electron chi connectivity index (χ2n) is 5.80. The van der Waals surface area contributed by atoms with Crippen molar-refractivity contribution in [1.29, 1.82) is 0 Å². The van der Waals surface area contributed by atoms with Crippen molar-refractivity contribution in [2.75, 3.05) is 23.3 Å². The number of halogens is 1. The van der Waals surface area contributed by atoms with Crippen molar-refractivity contribution in [3.05, 3.63) is 30.2 Å². The van der Waals surface area contributed by atoms with Crippen LogP contribution in [0.2, 0.25) is 0 Å². The van der Waals surface area contributed by atoms with E-state index in [1.807, 2.05) is 12.3 Å². The summed E-state index contributed by atoms with van der Waals surface area (Å²) in [5.74, 6) is 0.738. The standard InChI is InChI=1S/C16H18FN3/c17-11-3-6-13-14(9-11)16(20-7-1-2-8-20)18-10-15(13)19-12-4-5-12/h3,6,9-10,12,19H,1-2,4-5,7-8H2. The highest BCUT2D eigenvalue weighted by Crippen LogP contribution is 2.34. The van der Waals surface area contributed by atoms with Crippen molar-refractivity contribution in [3.63, 3.8) is 0 Å². The van der Waals surface area contributed by atoms with Crippen LogP contribution in [0, 0.1) is 5.82 Å². The molecule has 2 aliphatic rings. The Morgan fingerprint density at radius 3 is 2.70 bits per heavy atom. The van der Waals surface area contributed by atoms with Crippen LogP contribution in [0.1, 0.15) is 25.7 Å². The molecule has 0 atom stereocenters. The highest BCUT2D eigenvalue weighted by molar-refractivity contribution is 6.00. The number of nitrogens with one attached hydrogen (secondary N) is 1. The molecule has 4 rings (SSSR count). The smallest absolute Gasteiger partial charge is 0.136 e. The van der Waals surface area contributed by atoms with Gasteiger partial charge in [-0.3, -0.25) is 0 Å². The molecule has 2 heterocycles. The molecule has 2 fully saturated rings. The van der Waals surface area contributed by atoms with Crippen LogP contribution in [-0.4, -0.2) is 24.1 Å². The zero-order valence-corrected chi connectivity index (χ0v) is 11.4. The summed E-state index contributed by atoms with van der Waals surface area (Å²) in [6, 6.07) is 5.60. The van der Waals surface area contributed by atoms with Crippen LogP contribution in [0.25, 0.3) is 10.8 Å². The number of nitrogens with zero attached hydrogens (tertiary/aromatic N) is 2. The van der Waals surface area contributed by atoms with Crippen molar-refractivity contribution >= 4 is 22.3 Å². The van der Waals surface area contributed by atoms with Crippen LogP contribution in [0.4, 0.5) is 15.9 Å². The summed E-state index contributed by atoms with van der Waals surface area (Å²) < 4.78 is 13.6. The Hall–Kier alpha value is -1.84. The van der Waals surface area contributed by atoms with E-state index in [2.05, 4.69) is 15.2 Å². The maximum atomic E-state index is 13.6. The largest absolute Gasteiger partial charge is 0.381 e. The van der Waals surface area contributed by atoms with Crippen LogP contribution < -0.4 is 10.2 Å². The molecule has 1 saturated carbocycles. The first-order chi connectivity index (χ1) is 9.81. The van der Waals surface area contributed by atoms with Gasteiger partial charge in [0, 0.05) is 29.9 Å². The molecule has 0 spiro atoms. The fraction of sp³-hybridized carbons (Fsp3) is 0.438. The van der Waals surface area contributed by atoms with Gasteiger partial charge in [0.2, 0.25) is 0 Å². The molecule has 1 N–H and O–H groups in total. The lowest BCUT2D eigenvalue weighted by Gasteiger charge is -2.20. The van der Waals surface area contributed by atoms with Gasteiger partial charge in [-0.1, -0.05) is 0 Å². The molecule has 0 amide bonds. The zero-order valence-electron chi connectivity index (χ0n) is 11.4. The minimum Gasteiger partial charge on any atom is -0.381 e. The Labute approximate surface area is 117 Å². The van der Waals surface area contributed by atoms with Crippen molar-refractivity contribution in [1.82, 2.24) is 4.98 Å². The molecule has 1 aromatic carbocycles. The summed E-state index contributed by atoms with van der Waals surface area (Å²) in [6.07, 6.45) is 6.74. The van der Waals surface area contributed by atoms with Crippen LogP contribution in [0.15, 0.2) is 24.4 Å². The molecule has 1 aliphatic carbocycles. The van der Waals surface area contributed by atoms with Gasteiger partial charge in [0.05, 0.1) is 11.9 Å². The molecule has 3 nitrogen and oxygen atoms in total. The van der Waals surface area contributed by atoms with Crippen molar-refractivity contribution < 1.29 is 4.39 Å². The third kappa shape index (κ3) is 2.09. The van der Waals surface area contributed by atoms with Gasteiger partial charge in [0.1, 0.15) is 11.6 Å². The summed E-state index contributed by atoms with van der Waals surface area (Å²) in [6.45, 7) is 2.04. The fourth-order valence-electron chi connectivity index (χ4n) is 2.94. The normalized spacial score (nSPS) is 18.8. The Balaban J connectivity index is 1.84. The van der Waals surface area contributed by atoms with E-state index >= 15 is 0 Å². The summed E-state index contributed by atoms with van der Waals surface area (Å²) in [7, 11) is 0. The second kappa shape index (κ2) is 4.62. The lowest BCUT2D eigenvalue weighted by atomic mass is 10.1. The average Bonchev–Trinajstić information content (AvgIpc) is 3.10. The van der Waals surface area contributed by atoms with Gasteiger partial charge in [-0.05, 0) is 43.9 Å². The molecule has 4 heteroatoms. The van der Waals surface area contributed by atoms with E-state index in [0.29, 0.717) is 6.04 Å². The highest BCUT2D eigenvalue weighted by Gasteiger charge is 2.23. The number of aromatic nitrogens is 1. The predicted molar refractivity (Wildman–Crippen MR) is 79.8 cm³/mol. The van der Waals surface area contributed by atoms with Crippen molar-refractivity contribution in [2.45, 2.75) is 31.7 Å². The van der Waals surface area contributed by atoms with E-state index in [1.54, 1.807) is 6.07 Å². The van der Waals surface area contributed by atoms with Crippen LogP contribution in [0.5, 0.6) is 0 Å². The molecule has 20 heavy (non-hydrogen) atoms. The Morgan fingerprint density at radius 1 is 1.15 bits per heavy atom. The SMILES string of the molecule is Fc1ccc2c(NC3CC3)cnc(N3CCCC3)c2c1. The highest BCUT2D eigenvalue weighted by atomic mass is 19.1. The van der Waals surface area contributed by atoms with Gasteiger partial charge < -0.3 is 10.2 Å². The van der Waals surface area contributed by atoms with E-state index in [4.69, 9.17) is 0 Å². The third-order valence-electron chi connectivity index (χ3n) is 4.17. The molecule has 1 aromatic heterocycles. The summed E-state index contributed by atoms with van der Waals surface area (Å²) in [5, 5.41) is 5.50. The number of rotatable bonds is 3. The molecule has 0 unspecified atom stereocenters. The third-order valence-corrected chi connectivity index (χ3v) is 4.17. The Kier molecular flexibility index (Phi) is 2.76. The molecule has 104 valence electrons. The predicted octanol–water partition coefficient (Wildman–Crippen LogP) is 3.55. The molecule has 0 bridgehead atoms. The molecule has 1 saturated heterocycles. The molecular formula is C16H18FN3. The topological polar surface area (TPSA) is 28.2 Å². The second-order valence-corrected chi connectivity index (χ2v) is 5.80. The molecular weight excluding hydrogens is 253 g/mol. The van der Waals surface area contributed by atoms with E-state index in [0.717, 1.165) is 35.4 Å². The fourth-order valence-corrected chi connectivity index (χ4v) is 2.94. The van der Waals surface area contributed by atoms with Crippen LogP contribution in [0.3, 0.4) is 0 Å². The number of hydrogen-bond acceptors (Lipinski definition) is 3. The average molecular weight is 271 g/mol. The quantitative estimate of drug-likeness (QED) is 0.925. The van der Waals surface area contributed by atoms with E-state index in [1.165, 1.54) is 31.7 Å².